The number of anilines is 1. The molecule has 168 valence electrons. The number of aromatic nitrogens is 4. The van der Waals surface area contributed by atoms with Gasteiger partial charge in [-0.3, -0.25) is 9.79 Å². The molecule has 0 aliphatic carbocycles. The summed E-state index contributed by atoms with van der Waals surface area (Å²) in [5.41, 5.74) is 2.01. The highest BCUT2D eigenvalue weighted by atomic mass is 16.5. The Hall–Kier alpha value is -3.57. The fourth-order valence-corrected chi connectivity index (χ4v) is 3.23. The number of carbonyl (C=O) groups excluding carboxylic acids is 1. The SMILES string of the molecule is O=C(COc1nc(CN=Cc2c[nH]c3ccccc23)nc(N2CCOCC2)n1)NCCO. The maximum absolute atomic E-state index is 11.8. The molecule has 0 radical (unpaired) electrons. The maximum atomic E-state index is 11.8. The molecule has 1 fully saturated rings. The monoisotopic (exact) mass is 439 g/mol. The molecule has 11 nitrogen and oxygen atoms in total. The standard InChI is InChI=1S/C21H25N7O4/c29-8-5-23-19(30)14-32-21-26-18(25-20(27-21)28-6-9-31-10-7-28)13-22-11-15-12-24-17-4-2-1-3-16(15)17/h1-4,11-12,24,29H,5-10,13-14H2,(H,23,30). The summed E-state index contributed by atoms with van der Waals surface area (Å²) in [4.78, 5) is 34.7. The number of hydrogen-bond donors (Lipinski definition) is 3. The van der Waals surface area contributed by atoms with Crippen molar-refractivity contribution in [2.45, 2.75) is 6.54 Å². The molecule has 1 amide bonds. The van der Waals surface area contributed by atoms with Gasteiger partial charge in [0.1, 0.15) is 0 Å². The van der Waals surface area contributed by atoms with Crippen molar-refractivity contribution in [2.75, 3.05) is 51.0 Å². The van der Waals surface area contributed by atoms with Crippen LogP contribution in [-0.4, -0.2) is 83.2 Å². The fourth-order valence-electron chi connectivity index (χ4n) is 3.23. The molecule has 0 saturated carbocycles. The molecule has 0 unspecified atom stereocenters. The third-order valence-electron chi connectivity index (χ3n) is 4.79. The normalized spacial score (nSPS) is 14.2. The number of aliphatic hydroxyl groups is 1. The minimum atomic E-state index is -0.369. The second kappa shape index (κ2) is 10.6. The molecule has 2 aromatic heterocycles. The zero-order valence-corrected chi connectivity index (χ0v) is 17.5. The van der Waals surface area contributed by atoms with E-state index in [4.69, 9.17) is 14.6 Å². The number of fused-ring (bicyclic) bond motifs is 1. The molecule has 1 aliphatic rings. The number of amides is 1. The number of para-hydroxylation sites is 1. The van der Waals surface area contributed by atoms with Gasteiger partial charge in [-0.05, 0) is 6.07 Å². The Bertz CT molecular complexity index is 1080. The zero-order valence-electron chi connectivity index (χ0n) is 17.5. The average Bonchev–Trinajstić information content (AvgIpc) is 3.25. The second-order valence-electron chi connectivity index (χ2n) is 7.06. The number of carbonyl (C=O) groups is 1. The van der Waals surface area contributed by atoms with E-state index in [1.54, 1.807) is 6.21 Å². The largest absolute Gasteiger partial charge is 0.453 e. The van der Waals surface area contributed by atoms with Crippen molar-refractivity contribution in [1.29, 1.82) is 0 Å². The van der Waals surface area contributed by atoms with Gasteiger partial charge in [-0.25, -0.2) is 0 Å². The van der Waals surface area contributed by atoms with Gasteiger partial charge in [-0.2, -0.15) is 15.0 Å². The number of nitrogens with one attached hydrogen (secondary N) is 2. The van der Waals surface area contributed by atoms with Crippen LogP contribution in [0.15, 0.2) is 35.5 Å². The summed E-state index contributed by atoms with van der Waals surface area (Å²) in [6.45, 7) is 2.45. The van der Waals surface area contributed by atoms with E-state index in [9.17, 15) is 4.79 Å². The third-order valence-corrected chi connectivity index (χ3v) is 4.79. The van der Waals surface area contributed by atoms with Gasteiger partial charge in [0.2, 0.25) is 5.95 Å². The molecular formula is C21H25N7O4. The third kappa shape index (κ3) is 5.56. The van der Waals surface area contributed by atoms with Crippen LogP contribution in [-0.2, 0) is 16.1 Å². The summed E-state index contributed by atoms with van der Waals surface area (Å²) in [5, 5.41) is 12.4. The van der Waals surface area contributed by atoms with Crippen molar-refractivity contribution < 1.29 is 19.4 Å². The van der Waals surface area contributed by atoms with Crippen LogP contribution in [0.2, 0.25) is 0 Å². The van der Waals surface area contributed by atoms with E-state index in [0.717, 1.165) is 16.5 Å². The molecular weight excluding hydrogens is 414 g/mol. The Kier molecular flexibility index (Phi) is 7.20. The van der Waals surface area contributed by atoms with E-state index in [1.165, 1.54) is 0 Å². The molecule has 3 heterocycles. The molecule has 0 atom stereocenters. The molecule has 1 saturated heterocycles. The van der Waals surface area contributed by atoms with Crippen molar-refractivity contribution in [3.8, 4) is 6.01 Å². The summed E-state index contributed by atoms with van der Waals surface area (Å²) >= 11 is 0. The van der Waals surface area contributed by atoms with Crippen LogP contribution in [0.25, 0.3) is 10.9 Å². The molecule has 3 N–H and O–H groups in total. The van der Waals surface area contributed by atoms with Crippen molar-refractivity contribution in [1.82, 2.24) is 25.3 Å². The lowest BCUT2D eigenvalue weighted by molar-refractivity contribution is -0.123. The van der Waals surface area contributed by atoms with Gasteiger partial charge in [0.25, 0.3) is 5.91 Å². The first-order chi connectivity index (χ1) is 15.7. The maximum Gasteiger partial charge on any atom is 0.322 e. The molecule has 4 rings (SSSR count). The Labute approximate surface area is 184 Å². The highest BCUT2D eigenvalue weighted by molar-refractivity contribution is 5.98. The first kappa shape index (κ1) is 21.7. The summed E-state index contributed by atoms with van der Waals surface area (Å²) in [6.07, 6.45) is 3.68. The first-order valence-corrected chi connectivity index (χ1v) is 10.4. The lowest BCUT2D eigenvalue weighted by Gasteiger charge is -2.26. The van der Waals surface area contributed by atoms with Crippen LogP contribution in [0.1, 0.15) is 11.4 Å². The van der Waals surface area contributed by atoms with Gasteiger partial charge in [0.05, 0.1) is 26.4 Å². The number of benzene rings is 1. The van der Waals surface area contributed by atoms with Crippen LogP contribution in [0, 0.1) is 0 Å². The number of aromatic amines is 1. The zero-order chi connectivity index (χ0) is 22.2. The number of H-pyrrole nitrogens is 1. The van der Waals surface area contributed by atoms with Gasteiger partial charge in [0.15, 0.2) is 12.4 Å². The van der Waals surface area contributed by atoms with Crippen molar-refractivity contribution in [3.63, 3.8) is 0 Å². The molecule has 1 aromatic carbocycles. The van der Waals surface area contributed by atoms with Crippen LogP contribution in [0.5, 0.6) is 6.01 Å². The van der Waals surface area contributed by atoms with E-state index < -0.39 is 0 Å². The van der Waals surface area contributed by atoms with Gasteiger partial charge in [0, 0.05) is 48.5 Å². The average molecular weight is 439 g/mol. The molecule has 0 bridgehead atoms. The highest BCUT2D eigenvalue weighted by Crippen LogP contribution is 2.17. The Morgan fingerprint density at radius 3 is 2.97 bits per heavy atom. The molecule has 0 spiro atoms. The van der Waals surface area contributed by atoms with Crippen LogP contribution < -0.4 is 15.0 Å². The number of hydrogen-bond acceptors (Lipinski definition) is 9. The van der Waals surface area contributed by atoms with Gasteiger partial charge in [-0.1, -0.05) is 18.2 Å². The van der Waals surface area contributed by atoms with E-state index in [1.807, 2.05) is 35.4 Å². The fraction of sp³-hybridized carbons (Fsp3) is 0.381. The summed E-state index contributed by atoms with van der Waals surface area (Å²) in [7, 11) is 0. The minimum Gasteiger partial charge on any atom is -0.453 e. The van der Waals surface area contributed by atoms with Crippen LogP contribution in [0.4, 0.5) is 5.95 Å². The Morgan fingerprint density at radius 2 is 2.12 bits per heavy atom. The summed E-state index contributed by atoms with van der Waals surface area (Å²) in [6, 6.07) is 8.05. The van der Waals surface area contributed by atoms with E-state index in [-0.39, 0.29) is 38.2 Å². The van der Waals surface area contributed by atoms with Crippen molar-refractivity contribution >= 4 is 29.0 Å². The highest BCUT2D eigenvalue weighted by Gasteiger charge is 2.17. The predicted octanol–water partition coefficient (Wildman–Crippen LogP) is 0.296. The molecule has 32 heavy (non-hydrogen) atoms. The van der Waals surface area contributed by atoms with Crippen molar-refractivity contribution in [2.24, 2.45) is 4.99 Å². The van der Waals surface area contributed by atoms with Gasteiger partial charge in [-0.15, -0.1) is 0 Å². The number of ether oxygens (including phenoxy) is 2. The number of nitrogens with zero attached hydrogens (tertiary/aromatic N) is 5. The molecule has 11 heteroatoms. The van der Waals surface area contributed by atoms with E-state index >= 15 is 0 Å². The lowest BCUT2D eigenvalue weighted by atomic mass is 10.2. The van der Waals surface area contributed by atoms with Crippen LogP contribution in [0.3, 0.4) is 0 Å². The van der Waals surface area contributed by atoms with E-state index in [2.05, 4.69) is 30.2 Å². The number of aliphatic imine (C=N–C) groups is 1. The smallest absolute Gasteiger partial charge is 0.322 e. The quantitative estimate of drug-likeness (QED) is 0.405. The lowest BCUT2D eigenvalue weighted by Crippen LogP contribution is -2.37. The summed E-state index contributed by atoms with van der Waals surface area (Å²) in [5.74, 6) is 0.529. The second-order valence-corrected chi connectivity index (χ2v) is 7.06. The number of aliphatic hydroxyl groups excluding tert-OH is 1. The van der Waals surface area contributed by atoms with E-state index in [0.29, 0.717) is 38.1 Å². The summed E-state index contributed by atoms with van der Waals surface area (Å²) < 4.78 is 10.9. The first-order valence-electron chi connectivity index (χ1n) is 10.4. The van der Waals surface area contributed by atoms with Gasteiger partial charge >= 0.3 is 6.01 Å². The predicted molar refractivity (Wildman–Crippen MR) is 118 cm³/mol. The number of rotatable bonds is 9. The Balaban J connectivity index is 1.49. The van der Waals surface area contributed by atoms with Gasteiger partial charge < -0.3 is 29.8 Å². The topological polar surface area (TPSA) is 138 Å². The molecule has 3 aromatic rings. The Morgan fingerprint density at radius 1 is 1.28 bits per heavy atom. The van der Waals surface area contributed by atoms with Crippen molar-refractivity contribution in [3.05, 3.63) is 41.9 Å². The molecule has 1 aliphatic heterocycles. The number of morpholine rings is 1. The van der Waals surface area contributed by atoms with Crippen LogP contribution >= 0.6 is 0 Å². The minimum absolute atomic E-state index is 0.0536.